The van der Waals surface area contributed by atoms with Crippen LogP contribution < -0.4 is 10.5 Å². The summed E-state index contributed by atoms with van der Waals surface area (Å²) in [6.45, 7) is 1.53. The molecule has 2 rings (SSSR count). The second-order valence-corrected chi connectivity index (χ2v) is 6.60. The lowest BCUT2D eigenvalue weighted by Gasteiger charge is -2.13. The normalized spacial score (nSPS) is 13.3. The molecule has 0 aliphatic rings. The Kier molecular flexibility index (Phi) is 4.02. The lowest BCUT2D eigenvalue weighted by molar-refractivity contribution is 0.510. The van der Waals surface area contributed by atoms with E-state index in [4.69, 9.17) is 5.73 Å². The highest BCUT2D eigenvalue weighted by atomic mass is 32.2. The number of anilines is 1. The molecule has 0 aliphatic heterocycles. The van der Waals surface area contributed by atoms with Crippen LogP contribution >= 0.6 is 11.3 Å². The Morgan fingerprint density at radius 2 is 1.95 bits per heavy atom. The van der Waals surface area contributed by atoms with Crippen molar-refractivity contribution in [1.82, 2.24) is 9.71 Å². The standard InChI is InChI=1S/C11H11F2N3O2S2/c1-6(11-15-2-3-19-11)16-20(17,18)10-8(12)4-7(14)5-9(10)13/h2-6,16H,14H2,1H3. The zero-order chi connectivity index (χ0) is 14.9. The molecular weight excluding hydrogens is 308 g/mol. The van der Waals surface area contributed by atoms with Gasteiger partial charge in [-0.15, -0.1) is 11.3 Å². The lowest BCUT2D eigenvalue weighted by atomic mass is 10.3. The van der Waals surface area contributed by atoms with Gasteiger partial charge in [-0.3, -0.25) is 0 Å². The number of nitrogens with two attached hydrogens (primary N) is 1. The minimum Gasteiger partial charge on any atom is -0.399 e. The molecule has 1 heterocycles. The Morgan fingerprint density at radius 1 is 1.35 bits per heavy atom. The number of sulfonamides is 1. The maximum Gasteiger partial charge on any atom is 0.247 e. The fraction of sp³-hybridized carbons (Fsp3) is 0.182. The number of thiazole rings is 1. The Balaban J connectivity index is 2.37. The van der Waals surface area contributed by atoms with Gasteiger partial charge in [-0.1, -0.05) is 0 Å². The maximum atomic E-state index is 13.6. The summed E-state index contributed by atoms with van der Waals surface area (Å²) in [6, 6.07) is 0.813. The summed E-state index contributed by atoms with van der Waals surface area (Å²) in [5.41, 5.74) is 5.06. The van der Waals surface area contributed by atoms with Crippen molar-refractivity contribution in [3.63, 3.8) is 0 Å². The molecule has 20 heavy (non-hydrogen) atoms. The van der Waals surface area contributed by atoms with E-state index >= 15 is 0 Å². The van der Waals surface area contributed by atoms with Gasteiger partial charge in [0.05, 0.1) is 6.04 Å². The second kappa shape index (κ2) is 5.43. The van der Waals surface area contributed by atoms with Gasteiger partial charge in [-0.25, -0.2) is 26.9 Å². The highest BCUT2D eigenvalue weighted by Gasteiger charge is 2.27. The third-order valence-electron chi connectivity index (χ3n) is 2.44. The molecule has 0 saturated heterocycles. The molecule has 0 aliphatic carbocycles. The molecule has 1 unspecified atom stereocenters. The highest BCUT2D eigenvalue weighted by Crippen LogP contribution is 2.24. The smallest absolute Gasteiger partial charge is 0.247 e. The first-order chi connectivity index (χ1) is 9.31. The summed E-state index contributed by atoms with van der Waals surface area (Å²) in [5, 5.41) is 2.16. The number of nitrogens with zero attached hydrogens (tertiary/aromatic N) is 1. The molecule has 3 N–H and O–H groups in total. The van der Waals surface area contributed by atoms with E-state index in [9.17, 15) is 17.2 Å². The van der Waals surface area contributed by atoms with Crippen molar-refractivity contribution in [2.75, 3.05) is 5.73 Å². The van der Waals surface area contributed by atoms with Crippen LogP contribution in [0, 0.1) is 11.6 Å². The second-order valence-electron chi connectivity index (χ2n) is 4.03. The van der Waals surface area contributed by atoms with Gasteiger partial charge in [0.2, 0.25) is 10.0 Å². The van der Waals surface area contributed by atoms with Gasteiger partial charge in [-0.2, -0.15) is 0 Å². The number of hydrogen-bond acceptors (Lipinski definition) is 5. The van der Waals surface area contributed by atoms with E-state index in [0.717, 1.165) is 12.1 Å². The molecule has 5 nitrogen and oxygen atoms in total. The average molecular weight is 319 g/mol. The van der Waals surface area contributed by atoms with E-state index in [-0.39, 0.29) is 5.69 Å². The van der Waals surface area contributed by atoms with Crippen LogP contribution in [0.2, 0.25) is 0 Å². The number of halogens is 2. The third kappa shape index (κ3) is 2.94. The zero-order valence-corrected chi connectivity index (χ0v) is 11.9. The Bertz CT molecular complexity index is 694. The van der Waals surface area contributed by atoms with Gasteiger partial charge in [0.25, 0.3) is 0 Å². The fourth-order valence-corrected chi connectivity index (χ4v) is 3.67. The van der Waals surface area contributed by atoms with Crippen molar-refractivity contribution in [3.05, 3.63) is 40.4 Å². The lowest BCUT2D eigenvalue weighted by Crippen LogP contribution is -2.28. The van der Waals surface area contributed by atoms with Gasteiger partial charge in [0.1, 0.15) is 16.6 Å². The average Bonchev–Trinajstić information content (AvgIpc) is 2.78. The molecule has 9 heteroatoms. The van der Waals surface area contributed by atoms with E-state index in [1.165, 1.54) is 24.5 Å². The largest absolute Gasteiger partial charge is 0.399 e. The van der Waals surface area contributed by atoms with Gasteiger partial charge in [-0.05, 0) is 19.1 Å². The number of hydrogen-bond donors (Lipinski definition) is 2. The number of nitrogen functional groups attached to an aromatic ring is 1. The summed E-state index contributed by atoms with van der Waals surface area (Å²) < 4.78 is 53.5. The number of nitrogens with one attached hydrogen (secondary N) is 1. The van der Waals surface area contributed by atoms with Gasteiger partial charge < -0.3 is 5.73 Å². The van der Waals surface area contributed by atoms with E-state index in [1.807, 2.05) is 0 Å². The van der Waals surface area contributed by atoms with Crippen LogP contribution in [0.5, 0.6) is 0 Å². The summed E-state index contributed by atoms with van der Waals surface area (Å²) in [5.74, 6) is -2.47. The Morgan fingerprint density at radius 3 is 2.45 bits per heavy atom. The summed E-state index contributed by atoms with van der Waals surface area (Å²) in [7, 11) is -4.35. The molecule has 108 valence electrons. The Hall–Kier alpha value is -1.58. The van der Waals surface area contributed by atoms with Crippen LogP contribution in [0.15, 0.2) is 28.6 Å². The monoisotopic (exact) mass is 319 g/mol. The predicted octanol–water partition coefficient (Wildman–Crippen LogP) is 2.04. The molecule has 0 radical (unpaired) electrons. The first-order valence-electron chi connectivity index (χ1n) is 5.47. The van der Waals surface area contributed by atoms with Crippen molar-refractivity contribution in [2.45, 2.75) is 17.9 Å². The van der Waals surface area contributed by atoms with Crippen molar-refractivity contribution in [3.8, 4) is 0 Å². The topological polar surface area (TPSA) is 85.1 Å². The van der Waals surface area contributed by atoms with E-state index in [0.29, 0.717) is 5.01 Å². The van der Waals surface area contributed by atoms with E-state index in [2.05, 4.69) is 9.71 Å². The van der Waals surface area contributed by atoms with Crippen LogP contribution in [0.1, 0.15) is 18.0 Å². The molecule has 1 aromatic carbocycles. The molecular formula is C11H11F2N3O2S2. The number of benzene rings is 1. The SMILES string of the molecule is CC(NS(=O)(=O)c1c(F)cc(N)cc1F)c1nccs1. The van der Waals surface area contributed by atoms with E-state index in [1.54, 1.807) is 5.38 Å². The first kappa shape index (κ1) is 14.8. The summed E-state index contributed by atoms with van der Waals surface area (Å²) in [6.07, 6.45) is 1.51. The van der Waals surface area contributed by atoms with Crippen LogP contribution in [0.3, 0.4) is 0 Å². The van der Waals surface area contributed by atoms with Crippen LogP contribution in [0.25, 0.3) is 0 Å². The molecule has 0 bridgehead atoms. The first-order valence-corrected chi connectivity index (χ1v) is 7.84. The molecule has 0 fully saturated rings. The van der Waals surface area contributed by atoms with Gasteiger partial charge in [0.15, 0.2) is 4.90 Å². The zero-order valence-electron chi connectivity index (χ0n) is 10.3. The summed E-state index contributed by atoms with van der Waals surface area (Å²) in [4.78, 5) is 2.89. The predicted molar refractivity (Wildman–Crippen MR) is 71.6 cm³/mol. The van der Waals surface area contributed by atoms with Gasteiger partial charge in [0, 0.05) is 17.3 Å². The summed E-state index contributed by atoms with van der Waals surface area (Å²) >= 11 is 1.23. The number of aromatic nitrogens is 1. The molecule has 1 aromatic heterocycles. The van der Waals surface area contributed by atoms with Gasteiger partial charge >= 0.3 is 0 Å². The van der Waals surface area contributed by atoms with Crippen LogP contribution in [0.4, 0.5) is 14.5 Å². The van der Waals surface area contributed by atoms with E-state index < -0.39 is 32.6 Å². The van der Waals surface area contributed by atoms with Crippen molar-refractivity contribution in [2.24, 2.45) is 0 Å². The minimum atomic E-state index is -4.35. The van der Waals surface area contributed by atoms with Crippen LogP contribution in [-0.2, 0) is 10.0 Å². The number of rotatable bonds is 4. The Labute approximate surface area is 118 Å². The highest BCUT2D eigenvalue weighted by molar-refractivity contribution is 7.89. The van der Waals surface area contributed by atoms with Crippen LogP contribution in [-0.4, -0.2) is 13.4 Å². The van der Waals surface area contributed by atoms with Crippen molar-refractivity contribution >= 4 is 27.0 Å². The fourth-order valence-electron chi connectivity index (χ4n) is 1.63. The maximum absolute atomic E-state index is 13.6. The minimum absolute atomic E-state index is 0.188. The molecule has 2 aromatic rings. The molecule has 0 amide bonds. The molecule has 0 spiro atoms. The van der Waals surface area contributed by atoms with Crippen molar-refractivity contribution in [1.29, 1.82) is 0 Å². The quantitative estimate of drug-likeness (QED) is 0.845. The third-order valence-corrected chi connectivity index (χ3v) is 4.99. The molecule has 0 saturated carbocycles. The van der Waals surface area contributed by atoms with Crippen molar-refractivity contribution < 1.29 is 17.2 Å². The molecule has 1 atom stereocenters.